The maximum atomic E-state index is 11.1. The summed E-state index contributed by atoms with van der Waals surface area (Å²) in [5, 5.41) is 5.01. The molecule has 0 aliphatic carbocycles. The minimum absolute atomic E-state index is 0.138. The Morgan fingerprint density at radius 3 is 2.15 bits per heavy atom. The molecule has 5 heteroatoms. The van der Waals surface area contributed by atoms with E-state index in [0.717, 1.165) is 5.56 Å². The Balaban J connectivity index is 3.53. The van der Waals surface area contributed by atoms with Gasteiger partial charge in [0.1, 0.15) is 0 Å². The molecule has 0 fully saturated rings. The lowest BCUT2D eigenvalue weighted by atomic mass is 10.1. The van der Waals surface area contributed by atoms with Crippen LogP contribution in [-0.4, -0.2) is 8.42 Å². The van der Waals surface area contributed by atoms with Gasteiger partial charge in [0.15, 0.2) is 0 Å². The highest BCUT2D eigenvalue weighted by Gasteiger charge is 2.13. The highest BCUT2D eigenvalue weighted by Crippen LogP contribution is 2.21. The van der Waals surface area contributed by atoms with Gasteiger partial charge in [-0.1, -0.05) is 0 Å². The molecule has 1 aromatic carbocycles. The molecule has 0 saturated heterocycles. The molecular weight excluding hydrogens is 188 g/mol. The van der Waals surface area contributed by atoms with E-state index in [0.29, 0.717) is 11.3 Å². The van der Waals surface area contributed by atoms with Crippen molar-refractivity contribution in [2.75, 3.05) is 5.73 Å². The van der Waals surface area contributed by atoms with Gasteiger partial charge < -0.3 is 5.73 Å². The minimum Gasteiger partial charge on any atom is -0.399 e. The Hall–Kier alpha value is -1.07. The van der Waals surface area contributed by atoms with Gasteiger partial charge in [-0.3, -0.25) is 0 Å². The molecule has 1 rings (SSSR count). The van der Waals surface area contributed by atoms with E-state index in [4.69, 9.17) is 10.9 Å². The molecule has 72 valence electrons. The van der Waals surface area contributed by atoms with Crippen molar-refractivity contribution in [1.82, 2.24) is 0 Å². The number of nitrogens with two attached hydrogens (primary N) is 2. The quantitative estimate of drug-likeness (QED) is 0.648. The van der Waals surface area contributed by atoms with Crippen LogP contribution < -0.4 is 10.9 Å². The van der Waals surface area contributed by atoms with Crippen molar-refractivity contribution in [3.05, 3.63) is 23.3 Å². The van der Waals surface area contributed by atoms with Crippen molar-refractivity contribution in [3.8, 4) is 0 Å². The number of primary sulfonamides is 1. The van der Waals surface area contributed by atoms with Crippen molar-refractivity contribution >= 4 is 15.7 Å². The van der Waals surface area contributed by atoms with Crippen LogP contribution in [0.4, 0.5) is 5.69 Å². The predicted octanol–water partition coefficient (Wildman–Crippen LogP) is 0.533. The van der Waals surface area contributed by atoms with Crippen LogP contribution in [-0.2, 0) is 10.0 Å². The van der Waals surface area contributed by atoms with Crippen LogP contribution in [0.3, 0.4) is 0 Å². The molecule has 0 atom stereocenters. The van der Waals surface area contributed by atoms with E-state index in [1.54, 1.807) is 19.9 Å². The SMILES string of the molecule is Cc1c(N)ccc(S(N)(=O)=O)c1C. The Labute approximate surface area is 77.6 Å². The van der Waals surface area contributed by atoms with Gasteiger partial charge in [0.25, 0.3) is 0 Å². The molecule has 0 aliphatic rings. The molecule has 0 heterocycles. The first-order chi connectivity index (χ1) is 5.84. The Morgan fingerprint density at radius 2 is 1.69 bits per heavy atom. The van der Waals surface area contributed by atoms with Crippen molar-refractivity contribution in [3.63, 3.8) is 0 Å². The van der Waals surface area contributed by atoms with E-state index < -0.39 is 10.0 Å². The van der Waals surface area contributed by atoms with Gasteiger partial charge in [-0.2, -0.15) is 0 Å². The van der Waals surface area contributed by atoms with Crippen LogP contribution in [0.2, 0.25) is 0 Å². The maximum Gasteiger partial charge on any atom is 0.238 e. The summed E-state index contributed by atoms with van der Waals surface area (Å²) in [6, 6.07) is 2.97. The van der Waals surface area contributed by atoms with Crippen LogP contribution in [0.15, 0.2) is 17.0 Å². The zero-order chi connectivity index (χ0) is 10.2. The first-order valence-electron chi connectivity index (χ1n) is 3.72. The molecule has 0 radical (unpaired) electrons. The van der Waals surface area contributed by atoms with Gasteiger partial charge in [0.05, 0.1) is 4.90 Å². The zero-order valence-corrected chi connectivity index (χ0v) is 8.35. The third-order valence-electron chi connectivity index (χ3n) is 2.09. The van der Waals surface area contributed by atoms with Crippen molar-refractivity contribution in [2.45, 2.75) is 18.7 Å². The Kier molecular flexibility index (Phi) is 2.32. The minimum atomic E-state index is -3.63. The summed E-state index contributed by atoms with van der Waals surface area (Å²) in [6.45, 7) is 3.45. The van der Waals surface area contributed by atoms with Gasteiger partial charge in [0, 0.05) is 5.69 Å². The van der Waals surface area contributed by atoms with Gasteiger partial charge in [-0.15, -0.1) is 0 Å². The van der Waals surface area contributed by atoms with Crippen molar-refractivity contribution in [2.24, 2.45) is 5.14 Å². The summed E-state index contributed by atoms with van der Waals surface area (Å²) in [5.41, 5.74) is 7.54. The summed E-state index contributed by atoms with van der Waals surface area (Å²) < 4.78 is 22.1. The maximum absolute atomic E-state index is 11.1. The van der Waals surface area contributed by atoms with Crippen LogP contribution in [0.25, 0.3) is 0 Å². The summed E-state index contributed by atoms with van der Waals surface area (Å²) in [6.07, 6.45) is 0. The lowest BCUT2D eigenvalue weighted by molar-refractivity contribution is 0.597. The molecule has 0 unspecified atom stereocenters. The molecule has 0 bridgehead atoms. The second-order valence-electron chi connectivity index (χ2n) is 2.95. The normalized spacial score (nSPS) is 11.6. The van der Waals surface area contributed by atoms with Crippen LogP contribution in [0, 0.1) is 13.8 Å². The van der Waals surface area contributed by atoms with Gasteiger partial charge >= 0.3 is 0 Å². The third kappa shape index (κ3) is 1.81. The van der Waals surface area contributed by atoms with Crippen molar-refractivity contribution < 1.29 is 8.42 Å². The average Bonchev–Trinajstić information content (AvgIpc) is 1.98. The first kappa shape index (κ1) is 10.0. The van der Waals surface area contributed by atoms with Gasteiger partial charge in [-0.25, -0.2) is 13.6 Å². The lowest BCUT2D eigenvalue weighted by Crippen LogP contribution is -2.14. The van der Waals surface area contributed by atoms with E-state index in [1.165, 1.54) is 6.07 Å². The van der Waals surface area contributed by atoms with Gasteiger partial charge in [-0.05, 0) is 37.1 Å². The van der Waals surface area contributed by atoms with Crippen LogP contribution >= 0.6 is 0 Å². The van der Waals surface area contributed by atoms with E-state index >= 15 is 0 Å². The first-order valence-corrected chi connectivity index (χ1v) is 5.27. The van der Waals surface area contributed by atoms with Gasteiger partial charge in [0.2, 0.25) is 10.0 Å². The predicted molar refractivity (Wildman–Crippen MR) is 51.7 cm³/mol. The number of hydrogen-bond donors (Lipinski definition) is 2. The van der Waals surface area contributed by atoms with E-state index in [9.17, 15) is 8.42 Å². The molecule has 0 spiro atoms. The molecule has 0 aromatic heterocycles. The fourth-order valence-electron chi connectivity index (χ4n) is 1.13. The number of nitrogen functional groups attached to an aromatic ring is 1. The molecule has 13 heavy (non-hydrogen) atoms. The lowest BCUT2D eigenvalue weighted by Gasteiger charge is -2.08. The van der Waals surface area contributed by atoms with E-state index in [-0.39, 0.29) is 4.90 Å². The molecule has 0 saturated carbocycles. The highest BCUT2D eigenvalue weighted by molar-refractivity contribution is 7.89. The topological polar surface area (TPSA) is 86.2 Å². The number of sulfonamides is 1. The molecule has 0 aliphatic heterocycles. The number of benzene rings is 1. The highest BCUT2D eigenvalue weighted by atomic mass is 32.2. The molecule has 4 nitrogen and oxygen atoms in total. The van der Waals surface area contributed by atoms with Crippen LogP contribution in [0.1, 0.15) is 11.1 Å². The Bertz CT molecular complexity index is 438. The van der Waals surface area contributed by atoms with E-state index in [2.05, 4.69) is 0 Å². The zero-order valence-electron chi connectivity index (χ0n) is 7.53. The monoisotopic (exact) mass is 200 g/mol. The average molecular weight is 200 g/mol. The summed E-state index contributed by atoms with van der Waals surface area (Å²) in [7, 11) is -3.63. The second-order valence-corrected chi connectivity index (χ2v) is 4.48. The molecule has 4 N–H and O–H groups in total. The molecular formula is C8H12N2O2S. The van der Waals surface area contributed by atoms with E-state index in [1.807, 2.05) is 0 Å². The summed E-state index contributed by atoms with van der Waals surface area (Å²) in [5.74, 6) is 0. The molecule has 1 aromatic rings. The fraction of sp³-hybridized carbons (Fsp3) is 0.250. The fourth-order valence-corrected chi connectivity index (χ4v) is 1.96. The number of anilines is 1. The number of rotatable bonds is 1. The largest absolute Gasteiger partial charge is 0.399 e. The summed E-state index contributed by atoms with van der Waals surface area (Å²) >= 11 is 0. The van der Waals surface area contributed by atoms with Crippen molar-refractivity contribution in [1.29, 1.82) is 0 Å². The number of hydrogen-bond acceptors (Lipinski definition) is 3. The standard InChI is InChI=1S/C8H12N2O2S/c1-5-6(2)8(13(10,11)12)4-3-7(5)9/h3-4H,9H2,1-2H3,(H2,10,11,12). The third-order valence-corrected chi connectivity index (χ3v) is 3.14. The smallest absolute Gasteiger partial charge is 0.238 e. The second kappa shape index (κ2) is 3.01. The summed E-state index contributed by atoms with van der Waals surface area (Å²) in [4.78, 5) is 0.138. The van der Waals surface area contributed by atoms with Crippen LogP contribution in [0.5, 0.6) is 0 Å². The molecule has 0 amide bonds. The Morgan fingerprint density at radius 1 is 1.15 bits per heavy atom.